The highest BCUT2D eigenvalue weighted by Gasteiger charge is 2.09. The largest absolute Gasteiger partial charge is 0.319 e. The van der Waals surface area contributed by atoms with Crippen LogP contribution < -0.4 is 5.32 Å². The summed E-state index contributed by atoms with van der Waals surface area (Å²) in [6.45, 7) is 0. The van der Waals surface area contributed by atoms with E-state index in [-0.39, 0.29) is 5.69 Å². The van der Waals surface area contributed by atoms with Crippen LogP contribution in [0.4, 0.5) is 10.1 Å². The van der Waals surface area contributed by atoms with Crippen molar-refractivity contribution in [3.05, 3.63) is 52.8 Å². The molecule has 6 heteroatoms. The predicted octanol–water partition coefficient (Wildman–Crippen LogP) is 2.63. The van der Waals surface area contributed by atoms with Gasteiger partial charge in [-0.2, -0.15) is 4.39 Å². The average molecular weight is 296 g/mol. The molecule has 0 aliphatic carbocycles. The molecular weight excluding hydrogens is 289 g/mol. The molecule has 17 heavy (non-hydrogen) atoms. The van der Waals surface area contributed by atoms with Crippen LogP contribution in [-0.4, -0.2) is 15.9 Å². The molecule has 0 atom stereocenters. The average Bonchev–Trinajstić information content (AvgIpc) is 2.32. The summed E-state index contributed by atoms with van der Waals surface area (Å²) in [5.41, 5.74) is 0.574. The van der Waals surface area contributed by atoms with Gasteiger partial charge in [0.2, 0.25) is 5.95 Å². The first kappa shape index (κ1) is 11.7. The molecule has 0 radical (unpaired) electrons. The highest BCUT2D eigenvalue weighted by atomic mass is 79.9. The first-order chi connectivity index (χ1) is 8.16. The zero-order valence-corrected chi connectivity index (χ0v) is 10.1. The fourth-order valence-electron chi connectivity index (χ4n) is 1.20. The van der Waals surface area contributed by atoms with E-state index < -0.39 is 11.9 Å². The van der Waals surface area contributed by atoms with Crippen molar-refractivity contribution in [3.63, 3.8) is 0 Å². The minimum absolute atomic E-state index is 0.0220. The summed E-state index contributed by atoms with van der Waals surface area (Å²) in [4.78, 5) is 19.1. The molecule has 0 aromatic carbocycles. The first-order valence-corrected chi connectivity index (χ1v) is 5.49. The summed E-state index contributed by atoms with van der Waals surface area (Å²) in [6, 6.07) is 5.67. The van der Waals surface area contributed by atoms with Crippen molar-refractivity contribution in [2.75, 3.05) is 5.32 Å². The number of carbonyl (C=O) groups excluding carboxylic acids is 1. The van der Waals surface area contributed by atoms with Gasteiger partial charge >= 0.3 is 0 Å². The van der Waals surface area contributed by atoms with Crippen molar-refractivity contribution in [1.82, 2.24) is 9.97 Å². The zero-order chi connectivity index (χ0) is 12.3. The Morgan fingerprint density at radius 1 is 1.35 bits per heavy atom. The molecule has 0 fully saturated rings. The van der Waals surface area contributed by atoms with E-state index in [0.29, 0.717) is 10.2 Å². The first-order valence-electron chi connectivity index (χ1n) is 4.70. The van der Waals surface area contributed by atoms with Crippen molar-refractivity contribution in [1.29, 1.82) is 0 Å². The van der Waals surface area contributed by atoms with E-state index >= 15 is 0 Å². The Morgan fingerprint density at radius 2 is 2.18 bits per heavy atom. The lowest BCUT2D eigenvalue weighted by atomic mass is 10.3. The summed E-state index contributed by atoms with van der Waals surface area (Å²) in [5.74, 6) is -1.16. The number of aromatic nitrogens is 2. The van der Waals surface area contributed by atoms with E-state index in [1.54, 1.807) is 18.5 Å². The fourth-order valence-corrected chi connectivity index (χ4v) is 1.55. The van der Waals surface area contributed by atoms with Crippen LogP contribution in [0.25, 0.3) is 0 Å². The highest BCUT2D eigenvalue weighted by molar-refractivity contribution is 9.10. The number of anilines is 1. The SMILES string of the molecule is O=C(Nc1ccncc1Br)c1cccc(F)n1. The van der Waals surface area contributed by atoms with Crippen LogP contribution in [0, 0.1) is 5.95 Å². The van der Waals surface area contributed by atoms with Crippen LogP contribution in [0.3, 0.4) is 0 Å². The van der Waals surface area contributed by atoms with Gasteiger partial charge in [-0.15, -0.1) is 0 Å². The monoisotopic (exact) mass is 295 g/mol. The molecule has 1 N–H and O–H groups in total. The molecule has 2 heterocycles. The van der Waals surface area contributed by atoms with Crippen molar-refractivity contribution >= 4 is 27.5 Å². The summed E-state index contributed by atoms with van der Waals surface area (Å²) in [7, 11) is 0. The maximum absolute atomic E-state index is 12.8. The van der Waals surface area contributed by atoms with E-state index in [1.807, 2.05) is 0 Å². The highest BCUT2D eigenvalue weighted by Crippen LogP contribution is 2.20. The molecule has 86 valence electrons. The van der Waals surface area contributed by atoms with Gasteiger partial charge in [0, 0.05) is 12.4 Å². The third kappa shape index (κ3) is 2.85. The number of hydrogen-bond donors (Lipinski definition) is 1. The standard InChI is InChI=1S/C11H7BrFN3O/c12-7-6-14-5-4-8(7)16-11(17)9-2-1-3-10(13)15-9/h1-6H,(H,14,16,17). The Bertz CT molecular complexity index is 562. The van der Waals surface area contributed by atoms with Crippen LogP contribution in [0.2, 0.25) is 0 Å². The Labute approximate surface area is 105 Å². The number of pyridine rings is 2. The molecule has 2 rings (SSSR count). The van der Waals surface area contributed by atoms with Crippen molar-refractivity contribution in [2.24, 2.45) is 0 Å². The van der Waals surface area contributed by atoms with Crippen LogP contribution in [0.15, 0.2) is 41.1 Å². The molecule has 4 nitrogen and oxygen atoms in total. The molecule has 0 aliphatic heterocycles. The Hall–Kier alpha value is -1.82. The number of nitrogens with one attached hydrogen (secondary N) is 1. The maximum Gasteiger partial charge on any atom is 0.274 e. The van der Waals surface area contributed by atoms with E-state index in [9.17, 15) is 9.18 Å². The van der Waals surface area contributed by atoms with E-state index in [0.717, 1.165) is 0 Å². The lowest BCUT2D eigenvalue weighted by Gasteiger charge is -2.05. The Morgan fingerprint density at radius 3 is 2.88 bits per heavy atom. The number of hydrogen-bond acceptors (Lipinski definition) is 3. The number of amides is 1. The van der Waals surface area contributed by atoms with Gasteiger partial charge in [-0.05, 0) is 34.1 Å². The quantitative estimate of drug-likeness (QED) is 0.867. The summed E-state index contributed by atoms with van der Waals surface area (Å²) in [5, 5.41) is 2.60. The maximum atomic E-state index is 12.8. The van der Waals surface area contributed by atoms with E-state index in [4.69, 9.17) is 0 Å². The van der Waals surface area contributed by atoms with Crippen LogP contribution in [0.5, 0.6) is 0 Å². The molecular formula is C11H7BrFN3O. The minimum Gasteiger partial charge on any atom is -0.319 e. The summed E-state index contributed by atoms with van der Waals surface area (Å²) >= 11 is 3.24. The lowest BCUT2D eigenvalue weighted by molar-refractivity contribution is 0.102. The Balaban J connectivity index is 2.20. The zero-order valence-electron chi connectivity index (χ0n) is 8.52. The smallest absolute Gasteiger partial charge is 0.274 e. The van der Waals surface area contributed by atoms with Crippen LogP contribution in [-0.2, 0) is 0 Å². The molecule has 0 saturated heterocycles. The number of rotatable bonds is 2. The second-order valence-electron chi connectivity index (χ2n) is 3.16. The molecule has 0 bridgehead atoms. The Kier molecular flexibility index (Phi) is 3.43. The molecule has 0 aliphatic rings. The summed E-state index contributed by atoms with van der Waals surface area (Å²) in [6.07, 6.45) is 3.09. The molecule has 0 spiro atoms. The van der Waals surface area contributed by atoms with Gasteiger partial charge in [-0.25, -0.2) is 4.98 Å². The number of nitrogens with zero attached hydrogens (tertiary/aromatic N) is 2. The lowest BCUT2D eigenvalue weighted by Crippen LogP contribution is -2.14. The molecule has 2 aromatic heterocycles. The molecule has 0 saturated carbocycles. The van der Waals surface area contributed by atoms with Gasteiger partial charge in [0.15, 0.2) is 0 Å². The number of halogens is 2. The van der Waals surface area contributed by atoms with Gasteiger partial charge in [0.05, 0.1) is 10.2 Å². The second kappa shape index (κ2) is 5.01. The third-order valence-corrected chi connectivity index (χ3v) is 2.60. The fraction of sp³-hybridized carbons (Fsp3) is 0. The topological polar surface area (TPSA) is 54.9 Å². The van der Waals surface area contributed by atoms with Crippen LogP contribution in [0.1, 0.15) is 10.5 Å². The number of carbonyl (C=O) groups is 1. The van der Waals surface area contributed by atoms with Gasteiger partial charge < -0.3 is 5.32 Å². The third-order valence-electron chi connectivity index (χ3n) is 1.97. The van der Waals surface area contributed by atoms with Crippen LogP contribution >= 0.6 is 15.9 Å². The molecule has 2 aromatic rings. The minimum atomic E-state index is -0.688. The molecule has 0 unspecified atom stereocenters. The van der Waals surface area contributed by atoms with E-state index in [2.05, 4.69) is 31.2 Å². The van der Waals surface area contributed by atoms with E-state index in [1.165, 1.54) is 18.2 Å². The van der Waals surface area contributed by atoms with Gasteiger partial charge in [0.25, 0.3) is 5.91 Å². The van der Waals surface area contributed by atoms with Crippen molar-refractivity contribution < 1.29 is 9.18 Å². The van der Waals surface area contributed by atoms with Crippen molar-refractivity contribution in [2.45, 2.75) is 0 Å². The van der Waals surface area contributed by atoms with Gasteiger partial charge in [0.1, 0.15) is 5.69 Å². The predicted molar refractivity (Wildman–Crippen MR) is 64.1 cm³/mol. The van der Waals surface area contributed by atoms with Gasteiger partial charge in [-0.1, -0.05) is 6.07 Å². The van der Waals surface area contributed by atoms with Crippen molar-refractivity contribution in [3.8, 4) is 0 Å². The molecule has 1 amide bonds. The second-order valence-corrected chi connectivity index (χ2v) is 4.01. The summed E-state index contributed by atoms with van der Waals surface area (Å²) < 4.78 is 13.5. The normalized spacial score (nSPS) is 10.0. The van der Waals surface area contributed by atoms with Gasteiger partial charge in [-0.3, -0.25) is 9.78 Å².